The fraction of sp³-hybridized carbons (Fsp3) is 0.938. The maximum absolute atomic E-state index is 12.2. The van der Waals surface area contributed by atoms with Gasteiger partial charge in [0.05, 0.1) is 13.2 Å². The Morgan fingerprint density at radius 2 is 2.10 bits per heavy atom. The van der Waals surface area contributed by atoms with Gasteiger partial charge in [0.25, 0.3) is 0 Å². The monoisotopic (exact) mass is 283 g/mol. The summed E-state index contributed by atoms with van der Waals surface area (Å²) in [5.41, 5.74) is -0.550. The second kappa shape index (κ2) is 6.90. The molecule has 116 valence electrons. The van der Waals surface area contributed by atoms with Gasteiger partial charge in [-0.15, -0.1) is 0 Å². The van der Waals surface area contributed by atoms with Gasteiger partial charge in [0.1, 0.15) is 5.54 Å². The van der Waals surface area contributed by atoms with E-state index in [4.69, 9.17) is 9.47 Å². The SMILES string of the molecule is COC(=O)C1(NC(C)C)CCCC(OCCC2CC2)C1. The molecule has 20 heavy (non-hydrogen) atoms. The fourth-order valence-corrected chi connectivity index (χ4v) is 3.30. The number of hydrogen-bond donors (Lipinski definition) is 1. The number of ether oxygens (including phenoxy) is 2. The minimum absolute atomic E-state index is 0.137. The van der Waals surface area contributed by atoms with E-state index in [1.54, 1.807) is 0 Å². The van der Waals surface area contributed by atoms with Gasteiger partial charge in [0.2, 0.25) is 0 Å². The van der Waals surface area contributed by atoms with Crippen molar-refractivity contribution in [1.29, 1.82) is 0 Å². The second-order valence-corrected chi connectivity index (χ2v) is 6.69. The molecule has 0 aromatic heterocycles. The molecular weight excluding hydrogens is 254 g/mol. The van der Waals surface area contributed by atoms with Gasteiger partial charge in [-0.1, -0.05) is 12.8 Å². The quantitative estimate of drug-likeness (QED) is 0.730. The van der Waals surface area contributed by atoms with Crippen molar-refractivity contribution in [3.05, 3.63) is 0 Å². The number of carbonyl (C=O) groups excluding carboxylic acids is 1. The molecule has 0 amide bonds. The second-order valence-electron chi connectivity index (χ2n) is 6.69. The average Bonchev–Trinajstić information content (AvgIpc) is 3.21. The van der Waals surface area contributed by atoms with E-state index < -0.39 is 5.54 Å². The molecule has 0 aromatic carbocycles. The summed E-state index contributed by atoms with van der Waals surface area (Å²) in [6.07, 6.45) is 7.77. The normalized spacial score (nSPS) is 30.5. The highest BCUT2D eigenvalue weighted by atomic mass is 16.5. The van der Waals surface area contributed by atoms with Gasteiger partial charge < -0.3 is 9.47 Å². The van der Waals surface area contributed by atoms with E-state index in [0.29, 0.717) is 0 Å². The first-order valence-corrected chi connectivity index (χ1v) is 8.03. The number of rotatable bonds is 7. The molecule has 0 aromatic rings. The zero-order valence-electron chi connectivity index (χ0n) is 13.1. The Morgan fingerprint density at radius 1 is 1.35 bits per heavy atom. The van der Waals surface area contributed by atoms with E-state index in [1.807, 2.05) is 0 Å². The van der Waals surface area contributed by atoms with Crippen LogP contribution in [0.1, 0.15) is 58.8 Å². The third kappa shape index (κ3) is 4.19. The molecule has 2 atom stereocenters. The van der Waals surface area contributed by atoms with E-state index >= 15 is 0 Å². The van der Waals surface area contributed by atoms with Gasteiger partial charge in [0.15, 0.2) is 0 Å². The van der Waals surface area contributed by atoms with Crippen molar-refractivity contribution in [3.63, 3.8) is 0 Å². The molecule has 4 heteroatoms. The smallest absolute Gasteiger partial charge is 0.326 e. The highest BCUT2D eigenvalue weighted by molar-refractivity contribution is 5.81. The molecule has 2 unspecified atom stereocenters. The van der Waals surface area contributed by atoms with Crippen molar-refractivity contribution in [2.75, 3.05) is 13.7 Å². The van der Waals surface area contributed by atoms with Gasteiger partial charge >= 0.3 is 5.97 Å². The Bertz CT molecular complexity index is 328. The lowest BCUT2D eigenvalue weighted by molar-refractivity contribution is -0.153. The van der Waals surface area contributed by atoms with Crippen LogP contribution in [-0.4, -0.2) is 37.4 Å². The zero-order chi connectivity index (χ0) is 14.6. The minimum Gasteiger partial charge on any atom is -0.468 e. The number of carbonyl (C=O) groups is 1. The van der Waals surface area contributed by atoms with Crippen molar-refractivity contribution in [3.8, 4) is 0 Å². The first-order chi connectivity index (χ1) is 9.55. The molecule has 2 saturated carbocycles. The van der Waals surface area contributed by atoms with Gasteiger partial charge in [-0.3, -0.25) is 10.1 Å². The number of hydrogen-bond acceptors (Lipinski definition) is 4. The standard InChI is InChI=1S/C16H29NO3/c1-12(2)17-16(15(18)19-3)9-4-5-14(11-16)20-10-8-13-6-7-13/h12-14,17H,4-11H2,1-3H3. The Labute approximate surface area is 122 Å². The lowest BCUT2D eigenvalue weighted by atomic mass is 9.79. The molecule has 1 N–H and O–H groups in total. The highest BCUT2D eigenvalue weighted by Gasteiger charge is 2.44. The van der Waals surface area contributed by atoms with Crippen molar-refractivity contribution >= 4 is 5.97 Å². The van der Waals surface area contributed by atoms with Crippen molar-refractivity contribution in [2.45, 2.75) is 76.5 Å². The molecule has 0 spiro atoms. The molecule has 4 nitrogen and oxygen atoms in total. The summed E-state index contributed by atoms with van der Waals surface area (Å²) in [6, 6.07) is 0.263. The third-order valence-corrected chi connectivity index (χ3v) is 4.42. The van der Waals surface area contributed by atoms with E-state index in [0.717, 1.165) is 38.2 Å². The van der Waals surface area contributed by atoms with Crippen molar-refractivity contribution in [1.82, 2.24) is 5.32 Å². The first kappa shape index (κ1) is 15.8. The molecular formula is C16H29NO3. The van der Waals surface area contributed by atoms with E-state index in [1.165, 1.54) is 26.4 Å². The van der Waals surface area contributed by atoms with Crippen LogP contribution < -0.4 is 5.32 Å². The molecule has 0 saturated heterocycles. The van der Waals surface area contributed by atoms with Gasteiger partial charge in [-0.2, -0.15) is 0 Å². The molecule has 2 aliphatic rings. The van der Waals surface area contributed by atoms with Gasteiger partial charge in [-0.25, -0.2) is 0 Å². The van der Waals surface area contributed by atoms with E-state index in [-0.39, 0.29) is 18.1 Å². The molecule has 2 rings (SSSR count). The molecule has 0 aliphatic heterocycles. The highest BCUT2D eigenvalue weighted by Crippen LogP contribution is 2.34. The lowest BCUT2D eigenvalue weighted by Gasteiger charge is -2.40. The van der Waals surface area contributed by atoms with Crippen LogP contribution in [0.4, 0.5) is 0 Å². The molecule has 0 heterocycles. The number of methoxy groups -OCH3 is 1. The van der Waals surface area contributed by atoms with E-state index in [2.05, 4.69) is 19.2 Å². The molecule has 0 bridgehead atoms. The van der Waals surface area contributed by atoms with Crippen molar-refractivity contribution < 1.29 is 14.3 Å². The maximum atomic E-state index is 12.2. The lowest BCUT2D eigenvalue weighted by Crippen LogP contribution is -2.58. The summed E-state index contributed by atoms with van der Waals surface area (Å²) < 4.78 is 11.1. The number of esters is 1. The number of nitrogens with one attached hydrogen (secondary N) is 1. The van der Waals surface area contributed by atoms with Gasteiger partial charge in [-0.05, 0) is 45.4 Å². The zero-order valence-corrected chi connectivity index (χ0v) is 13.1. The third-order valence-electron chi connectivity index (χ3n) is 4.42. The van der Waals surface area contributed by atoms with Crippen LogP contribution in [0, 0.1) is 5.92 Å². The summed E-state index contributed by atoms with van der Waals surface area (Å²) in [5.74, 6) is 0.763. The van der Waals surface area contributed by atoms with Crippen LogP contribution in [0.3, 0.4) is 0 Å². The van der Waals surface area contributed by atoms with Crippen LogP contribution in [0.5, 0.6) is 0 Å². The fourth-order valence-electron chi connectivity index (χ4n) is 3.30. The van der Waals surface area contributed by atoms with Crippen molar-refractivity contribution in [2.24, 2.45) is 5.92 Å². The summed E-state index contributed by atoms with van der Waals surface area (Å²) >= 11 is 0. The molecule has 0 radical (unpaired) electrons. The van der Waals surface area contributed by atoms with Crippen LogP contribution >= 0.6 is 0 Å². The van der Waals surface area contributed by atoms with Crippen LogP contribution in [-0.2, 0) is 14.3 Å². The molecule has 2 fully saturated rings. The van der Waals surface area contributed by atoms with E-state index in [9.17, 15) is 4.79 Å². The minimum atomic E-state index is -0.550. The largest absolute Gasteiger partial charge is 0.468 e. The summed E-state index contributed by atoms with van der Waals surface area (Å²) in [4.78, 5) is 12.2. The summed E-state index contributed by atoms with van der Waals surface area (Å²) in [6.45, 7) is 4.98. The Morgan fingerprint density at radius 3 is 2.70 bits per heavy atom. The molecule has 2 aliphatic carbocycles. The van der Waals surface area contributed by atoms with Crippen LogP contribution in [0.2, 0.25) is 0 Å². The Balaban J connectivity index is 1.90. The summed E-state index contributed by atoms with van der Waals surface area (Å²) in [7, 11) is 1.48. The van der Waals surface area contributed by atoms with Gasteiger partial charge in [0, 0.05) is 19.1 Å². The predicted molar refractivity (Wildman–Crippen MR) is 78.6 cm³/mol. The van der Waals surface area contributed by atoms with Crippen LogP contribution in [0.15, 0.2) is 0 Å². The first-order valence-electron chi connectivity index (χ1n) is 8.03. The summed E-state index contributed by atoms with van der Waals surface area (Å²) in [5, 5.41) is 3.43. The predicted octanol–water partition coefficient (Wildman–Crippen LogP) is 2.66. The van der Waals surface area contributed by atoms with Crippen LogP contribution in [0.25, 0.3) is 0 Å². The average molecular weight is 283 g/mol. The maximum Gasteiger partial charge on any atom is 0.326 e. The Kier molecular flexibility index (Phi) is 5.44. The Hall–Kier alpha value is -0.610. The topological polar surface area (TPSA) is 47.6 Å².